The Kier molecular flexibility index (Phi) is 2.05. The average Bonchev–Trinajstić information content (AvgIpc) is 2.04. The second-order valence-electron chi connectivity index (χ2n) is 3.45. The van der Waals surface area contributed by atoms with Gasteiger partial charge in [0.05, 0.1) is 0 Å². The highest BCUT2D eigenvalue weighted by Crippen LogP contribution is 2.35. The van der Waals surface area contributed by atoms with Crippen LogP contribution in [0.25, 0.3) is 0 Å². The largest absolute Gasteiger partial charge is 0.295 e. The van der Waals surface area contributed by atoms with E-state index in [-0.39, 0.29) is 0 Å². The van der Waals surface area contributed by atoms with Crippen LogP contribution in [-0.4, -0.2) is 5.78 Å². The van der Waals surface area contributed by atoms with Crippen LogP contribution in [0.3, 0.4) is 0 Å². The molecule has 12 heavy (non-hydrogen) atoms. The monoisotopic (exact) mass is 182 g/mol. The molecule has 2 aliphatic carbocycles. The van der Waals surface area contributed by atoms with Gasteiger partial charge in [0, 0.05) is 11.5 Å². The SMILES string of the molecule is O=C1CCCC2CC(Cl)=CC=C12. The highest BCUT2D eigenvalue weighted by molar-refractivity contribution is 6.30. The number of fused-ring (bicyclic) bond motifs is 1. The Balaban J connectivity index is 2.28. The van der Waals surface area contributed by atoms with Crippen LogP contribution in [0.2, 0.25) is 0 Å². The summed E-state index contributed by atoms with van der Waals surface area (Å²) in [6, 6.07) is 0. The molecule has 2 rings (SSSR count). The Morgan fingerprint density at radius 1 is 1.42 bits per heavy atom. The van der Waals surface area contributed by atoms with Crippen molar-refractivity contribution in [1.82, 2.24) is 0 Å². The molecule has 2 heteroatoms. The number of rotatable bonds is 0. The molecule has 0 heterocycles. The molecule has 0 aromatic carbocycles. The predicted molar refractivity (Wildman–Crippen MR) is 49.0 cm³/mol. The summed E-state index contributed by atoms with van der Waals surface area (Å²) in [5, 5.41) is 0.887. The number of ketones is 1. The second-order valence-corrected chi connectivity index (χ2v) is 3.94. The average molecular weight is 183 g/mol. The van der Waals surface area contributed by atoms with E-state index in [9.17, 15) is 4.79 Å². The van der Waals surface area contributed by atoms with E-state index in [1.807, 2.05) is 12.2 Å². The summed E-state index contributed by atoms with van der Waals surface area (Å²) >= 11 is 5.89. The van der Waals surface area contributed by atoms with Crippen LogP contribution in [0, 0.1) is 5.92 Å². The van der Waals surface area contributed by atoms with Crippen molar-refractivity contribution in [1.29, 1.82) is 0 Å². The minimum Gasteiger partial charge on any atom is -0.295 e. The van der Waals surface area contributed by atoms with E-state index in [4.69, 9.17) is 11.6 Å². The summed E-state index contributed by atoms with van der Waals surface area (Å²) in [7, 11) is 0. The van der Waals surface area contributed by atoms with Crippen molar-refractivity contribution >= 4 is 17.4 Å². The lowest BCUT2D eigenvalue weighted by Crippen LogP contribution is -2.20. The van der Waals surface area contributed by atoms with Crippen molar-refractivity contribution in [3.05, 3.63) is 22.8 Å². The van der Waals surface area contributed by atoms with Gasteiger partial charge in [0.25, 0.3) is 0 Å². The van der Waals surface area contributed by atoms with Gasteiger partial charge in [0.15, 0.2) is 5.78 Å². The fourth-order valence-corrected chi connectivity index (χ4v) is 2.21. The van der Waals surface area contributed by atoms with Crippen molar-refractivity contribution in [3.63, 3.8) is 0 Å². The van der Waals surface area contributed by atoms with Crippen molar-refractivity contribution in [2.24, 2.45) is 5.92 Å². The number of hydrogen-bond donors (Lipinski definition) is 0. The van der Waals surface area contributed by atoms with Crippen LogP contribution in [0.4, 0.5) is 0 Å². The van der Waals surface area contributed by atoms with E-state index < -0.39 is 0 Å². The van der Waals surface area contributed by atoms with E-state index >= 15 is 0 Å². The first-order valence-electron chi connectivity index (χ1n) is 4.37. The van der Waals surface area contributed by atoms with Crippen molar-refractivity contribution < 1.29 is 4.79 Å². The fraction of sp³-hybridized carbons (Fsp3) is 0.500. The third kappa shape index (κ3) is 1.34. The Hall–Kier alpha value is -0.560. The zero-order valence-corrected chi connectivity index (χ0v) is 7.60. The molecule has 0 saturated heterocycles. The Labute approximate surface area is 77.1 Å². The summed E-state index contributed by atoms with van der Waals surface area (Å²) in [4.78, 5) is 11.4. The molecule has 0 radical (unpaired) electrons. The minimum atomic E-state index is 0.326. The molecule has 0 aromatic rings. The highest BCUT2D eigenvalue weighted by Gasteiger charge is 2.27. The molecule has 0 amide bonds. The minimum absolute atomic E-state index is 0.326. The molecule has 0 N–H and O–H groups in total. The zero-order chi connectivity index (χ0) is 8.55. The topological polar surface area (TPSA) is 17.1 Å². The molecule has 2 aliphatic rings. The fourth-order valence-electron chi connectivity index (χ4n) is 1.96. The maximum Gasteiger partial charge on any atom is 0.159 e. The molecule has 1 atom stereocenters. The standard InChI is InChI=1S/C10H11ClO/c11-8-4-5-9-7(6-8)2-1-3-10(9)12/h4-5,7H,1-3,6H2. The molecule has 1 fully saturated rings. The van der Waals surface area contributed by atoms with Crippen LogP contribution >= 0.6 is 11.6 Å². The van der Waals surface area contributed by atoms with E-state index in [1.165, 1.54) is 0 Å². The summed E-state index contributed by atoms with van der Waals surface area (Å²) in [6.45, 7) is 0. The van der Waals surface area contributed by atoms with E-state index in [0.717, 1.165) is 36.3 Å². The molecule has 1 saturated carbocycles. The van der Waals surface area contributed by atoms with Gasteiger partial charge in [-0.15, -0.1) is 0 Å². The Morgan fingerprint density at radius 3 is 3.08 bits per heavy atom. The molecular formula is C10H11ClO. The summed E-state index contributed by atoms with van der Waals surface area (Å²) in [5.74, 6) is 0.746. The van der Waals surface area contributed by atoms with Gasteiger partial charge in [0.2, 0.25) is 0 Å². The maximum absolute atomic E-state index is 11.4. The van der Waals surface area contributed by atoms with Gasteiger partial charge >= 0.3 is 0 Å². The number of allylic oxidation sites excluding steroid dienone is 4. The zero-order valence-electron chi connectivity index (χ0n) is 6.85. The molecule has 1 nitrogen and oxygen atoms in total. The van der Waals surface area contributed by atoms with Crippen molar-refractivity contribution in [2.75, 3.05) is 0 Å². The van der Waals surface area contributed by atoms with Crippen LogP contribution in [0.5, 0.6) is 0 Å². The molecule has 0 bridgehead atoms. The second kappa shape index (κ2) is 3.06. The van der Waals surface area contributed by atoms with Gasteiger partial charge < -0.3 is 0 Å². The van der Waals surface area contributed by atoms with Gasteiger partial charge in [-0.2, -0.15) is 0 Å². The summed E-state index contributed by atoms with van der Waals surface area (Å²) < 4.78 is 0. The number of hydrogen-bond acceptors (Lipinski definition) is 1. The van der Waals surface area contributed by atoms with Crippen LogP contribution in [0.15, 0.2) is 22.8 Å². The van der Waals surface area contributed by atoms with E-state index in [1.54, 1.807) is 0 Å². The summed E-state index contributed by atoms with van der Waals surface area (Å²) in [6.07, 6.45) is 7.52. The number of carbonyl (C=O) groups is 1. The van der Waals surface area contributed by atoms with Crippen molar-refractivity contribution in [3.8, 4) is 0 Å². The lowest BCUT2D eigenvalue weighted by Gasteiger charge is -2.26. The lowest BCUT2D eigenvalue weighted by atomic mass is 9.79. The van der Waals surface area contributed by atoms with Gasteiger partial charge in [-0.3, -0.25) is 4.79 Å². The third-order valence-electron chi connectivity index (χ3n) is 2.60. The number of carbonyl (C=O) groups excluding carboxylic acids is 1. The Morgan fingerprint density at radius 2 is 2.25 bits per heavy atom. The quantitative estimate of drug-likeness (QED) is 0.563. The maximum atomic E-state index is 11.4. The smallest absolute Gasteiger partial charge is 0.159 e. The third-order valence-corrected chi connectivity index (χ3v) is 2.88. The number of halogens is 1. The first-order chi connectivity index (χ1) is 5.77. The molecule has 0 spiro atoms. The molecule has 0 aromatic heterocycles. The molecular weight excluding hydrogens is 172 g/mol. The molecule has 64 valence electrons. The molecule has 0 aliphatic heterocycles. The normalized spacial score (nSPS) is 29.1. The highest BCUT2D eigenvalue weighted by atomic mass is 35.5. The van der Waals surface area contributed by atoms with Gasteiger partial charge in [-0.25, -0.2) is 0 Å². The van der Waals surface area contributed by atoms with Crippen LogP contribution < -0.4 is 0 Å². The summed E-state index contributed by atoms with van der Waals surface area (Å²) in [5.41, 5.74) is 1.01. The first kappa shape index (κ1) is 8.06. The van der Waals surface area contributed by atoms with E-state index in [2.05, 4.69) is 0 Å². The van der Waals surface area contributed by atoms with Gasteiger partial charge in [-0.1, -0.05) is 17.7 Å². The van der Waals surface area contributed by atoms with Crippen molar-refractivity contribution in [2.45, 2.75) is 25.7 Å². The predicted octanol–water partition coefficient (Wildman–Crippen LogP) is 2.81. The molecule has 1 unspecified atom stereocenters. The van der Waals surface area contributed by atoms with E-state index in [0.29, 0.717) is 11.7 Å². The first-order valence-corrected chi connectivity index (χ1v) is 4.74. The number of Topliss-reactive ketones (excluding diaryl/α,β-unsaturated/α-hetero) is 1. The van der Waals surface area contributed by atoms with Crippen LogP contribution in [-0.2, 0) is 4.79 Å². The van der Waals surface area contributed by atoms with Gasteiger partial charge in [0.1, 0.15) is 0 Å². The van der Waals surface area contributed by atoms with Crippen LogP contribution in [0.1, 0.15) is 25.7 Å². The Bertz CT molecular complexity index is 276. The van der Waals surface area contributed by atoms with Gasteiger partial charge in [-0.05, 0) is 36.8 Å². The lowest BCUT2D eigenvalue weighted by molar-refractivity contribution is -0.117.